The highest BCUT2D eigenvalue weighted by Crippen LogP contribution is 2.39. The van der Waals surface area contributed by atoms with Crippen molar-refractivity contribution in [3.8, 4) is 5.75 Å². The van der Waals surface area contributed by atoms with Gasteiger partial charge >= 0.3 is 0 Å². The van der Waals surface area contributed by atoms with E-state index in [9.17, 15) is 4.79 Å². The Balaban J connectivity index is 1.74. The molecule has 2 heteroatoms. The minimum Gasteiger partial charge on any atom is -0.492 e. The maximum absolute atomic E-state index is 12.6. The summed E-state index contributed by atoms with van der Waals surface area (Å²) in [5, 5.41) is 0. The van der Waals surface area contributed by atoms with Crippen LogP contribution in [0.3, 0.4) is 0 Å². The first-order valence-electron chi connectivity index (χ1n) is 7.01. The van der Waals surface area contributed by atoms with Gasteiger partial charge in [-0.3, -0.25) is 4.79 Å². The summed E-state index contributed by atoms with van der Waals surface area (Å²) in [4.78, 5) is 12.6. The average Bonchev–Trinajstić information content (AvgIpc) is 2.82. The van der Waals surface area contributed by atoms with Crippen LogP contribution in [-0.2, 0) is 4.79 Å². The van der Waals surface area contributed by atoms with Gasteiger partial charge in [0.05, 0.1) is 5.92 Å². The molecule has 1 atom stereocenters. The SMILES string of the molecule is CC1CCC(C(=O)C2COc3ccccc32)CC1. The van der Waals surface area contributed by atoms with Crippen molar-refractivity contribution < 1.29 is 9.53 Å². The Morgan fingerprint density at radius 3 is 2.67 bits per heavy atom. The van der Waals surface area contributed by atoms with Gasteiger partial charge in [0.1, 0.15) is 18.1 Å². The van der Waals surface area contributed by atoms with Gasteiger partial charge in [-0.25, -0.2) is 0 Å². The standard InChI is InChI=1S/C16H20O2/c1-11-6-8-12(9-7-11)16(17)14-10-18-15-5-3-2-4-13(14)15/h2-5,11-12,14H,6-10H2,1H3. The molecule has 0 saturated heterocycles. The number of ketones is 1. The van der Waals surface area contributed by atoms with Crippen LogP contribution < -0.4 is 4.74 Å². The lowest BCUT2D eigenvalue weighted by molar-refractivity contribution is -0.125. The van der Waals surface area contributed by atoms with E-state index in [1.54, 1.807) is 0 Å². The summed E-state index contributed by atoms with van der Waals surface area (Å²) in [5.41, 5.74) is 1.10. The van der Waals surface area contributed by atoms with Gasteiger partial charge in [0.2, 0.25) is 0 Å². The summed E-state index contributed by atoms with van der Waals surface area (Å²) in [6.45, 7) is 2.83. The van der Waals surface area contributed by atoms with E-state index in [1.807, 2.05) is 24.3 Å². The number of rotatable bonds is 2. The molecule has 0 spiro atoms. The van der Waals surface area contributed by atoms with Gasteiger partial charge in [-0.15, -0.1) is 0 Å². The molecular weight excluding hydrogens is 224 g/mol. The number of para-hydroxylation sites is 1. The molecule has 1 saturated carbocycles. The lowest BCUT2D eigenvalue weighted by Crippen LogP contribution is -2.26. The van der Waals surface area contributed by atoms with Crippen molar-refractivity contribution in [2.45, 2.75) is 38.5 Å². The third kappa shape index (κ3) is 2.05. The zero-order chi connectivity index (χ0) is 12.5. The Bertz CT molecular complexity index is 444. The van der Waals surface area contributed by atoms with E-state index in [0.717, 1.165) is 30.1 Å². The summed E-state index contributed by atoms with van der Waals surface area (Å²) >= 11 is 0. The second-order valence-corrected chi connectivity index (χ2v) is 5.76. The smallest absolute Gasteiger partial charge is 0.146 e. The highest BCUT2D eigenvalue weighted by atomic mass is 16.5. The Morgan fingerprint density at radius 2 is 1.89 bits per heavy atom. The Morgan fingerprint density at radius 1 is 1.17 bits per heavy atom. The molecule has 1 aliphatic heterocycles. The number of ether oxygens (including phenoxy) is 1. The van der Waals surface area contributed by atoms with E-state index in [-0.39, 0.29) is 11.8 Å². The number of Topliss-reactive ketones (excluding diaryl/α,β-unsaturated/α-hetero) is 1. The minimum atomic E-state index is -0.0143. The molecular formula is C16H20O2. The van der Waals surface area contributed by atoms with Gasteiger partial charge in [-0.1, -0.05) is 38.0 Å². The average molecular weight is 244 g/mol. The third-order valence-corrected chi connectivity index (χ3v) is 4.46. The van der Waals surface area contributed by atoms with Crippen molar-refractivity contribution in [2.24, 2.45) is 11.8 Å². The van der Waals surface area contributed by atoms with Crippen LogP contribution in [0.4, 0.5) is 0 Å². The van der Waals surface area contributed by atoms with Crippen molar-refractivity contribution in [3.05, 3.63) is 29.8 Å². The molecule has 1 aromatic carbocycles. The molecule has 18 heavy (non-hydrogen) atoms. The summed E-state index contributed by atoms with van der Waals surface area (Å²) in [6, 6.07) is 7.96. The molecule has 2 aliphatic rings. The van der Waals surface area contributed by atoms with Crippen LogP contribution in [0.15, 0.2) is 24.3 Å². The molecule has 96 valence electrons. The lowest BCUT2D eigenvalue weighted by Gasteiger charge is -2.26. The van der Waals surface area contributed by atoms with Gasteiger partial charge < -0.3 is 4.74 Å². The van der Waals surface area contributed by atoms with Gasteiger partial charge in [-0.05, 0) is 24.8 Å². The monoisotopic (exact) mass is 244 g/mol. The third-order valence-electron chi connectivity index (χ3n) is 4.46. The van der Waals surface area contributed by atoms with Crippen LogP contribution >= 0.6 is 0 Å². The van der Waals surface area contributed by atoms with Crippen molar-refractivity contribution in [2.75, 3.05) is 6.61 Å². The van der Waals surface area contributed by atoms with Crippen LogP contribution in [0.25, 0.3) is 0 Å². The summed E-state index contributed by atoms with van der Waals surface area (Å²) in [5.74, 6) is 2.36. The number of hydrogen-bond acceptors (Lipinski definition) is 2. The molecule has 1 aliphatic carbocycles. The fourth-order valence-electron chi connectivity index (χ4n) is 3.23. The van der Waals surface area contributed by atoms with E-state index in [2.05, 4.69) is 6.92 Å². The van der Waals surface area contributed by atoms with Gasteiger partial charge in [0.25, 0.3) is 0 Å². The molecule has 1 unspecified atom stereocenters. The fourth-order valence-corrected chi connectivity index (χ4v) is 3.23. The van der Waals surface area contributed by atoms with Crippen molar-refractivity contribution in [1.29, 1.82) is 0 Å². The second kappa shape index (κ2) is 4.75. The van der Waals surface area contributed by atoms with Crippen LogP contribution in [0.1, 0.15) is 44.1 Å². The highest BCUT2D eigenvalue weighted by Gasteiger charge is 2.35. The van der Waals surface area contributed by atoms with Gasteiger partial charge in [-0.2, -0.15) is 0 Å². The first-order valence-corrected chi connectivity index (χ1v) is 7.01. The van der Waals surface area contributed by atoms with Crippen LogP contribution in [-0.4, -0.2) is 12.4 Å². The fraction of sp³-hybridized carbons (Fsp3) is 0.562. The number of fused-ring (bicyclic) bond motifs is 1. The normalized spacial score (nSPS) is 30.6. The van der Waals surface area contributed by atoms with Crippen molar-refractivity contribution in [3.63, 3.8) is 0 Å². The van der Waals surface area contributed by atoms with Crippen molar-refractivity contribution >= 4 is 5.78 Å². The first-order chi connectivity index (χ1) is 8.75. The van der Waals surface area contributed by atoms with E-state index in [0.29, 0.717) is 12.4 Å². The van der Waals surface area contributed by atoms with Gasteiger partial charge in [0, 0.05) is 11.5 Å². The Labute approximate surface area is 108 Å². The van der Waals surface area contributed by atoms with Crippen LogP contribution in [0.2, 0.25) is 0 Å². The van der Waals surface area contributed by atoms with Crippen LogP contribution in [0, 0.1) is 11.8 Å². The number of carbonyl (C=O) groups is 1. The lowest BCUT2D eigenvalue weighted by atomic mass is 9.77. The molecule has 3 rings (SSSR count). The zero-order valence-corrected chi connectivity index (χ0v) is 10.9. The molecule has 2 nitrogen and oxygen atoms in total. The van der Waals surface area contributed by atoms with Gasteiger partial charge in [0.15, 0.2) is 0 Å². The topological polar surface area (TPSA) is 26.3 Å². The van der Waals surface area contributed by atoms with Crippen LogP contribution in [0.5, 0.6) is 5.75 Å². The first kappa shape index (κ1) is 11.8. The number of carbonyl (C=O) groups excluding carboxylic acids is 1. The van der Waals surface area contributed by atoms with Crippen molar-refractivity contribution in [1.82, 2.24) is 0 Å². The molecule has 1 heterocycles. The summed E-state index contributed by atoms with van der Waals surface area (Å²) in [7, 11) is 0. The van der Waals surface area contributed by atoms with E-state index < -0.39 is 0 Å². The largest absolute Gasteiger partial charge is 0.492 e. The molecule has 0 N–H and O–H groups in total. The predicted octanol–water partition coefficient (Wildman–Crippen LogP) is 3.56. The maximum Gasteiger partial charge on any atom is 0.146 e. The molecule has 0 aromatic heterocycles. The maximum atomic E-state index is 12.6. The summed E-state index contributed by atoms with van der Waals surface area (Å²) in [6.07, 6.45) is 4.54. The Kier molecular flexibility index (Phi) is 3.11. The Hall–Kier alpha value is -1.31. The molecule has 0 radical (unpaired) electrons. The molecule has 1 aromatic rings. The predicted molar refractivity (Wildman–Crippen MR) is 70.8 cm³/mol. The minimum absolute atomic E-state index is 0.0143. The molecule has 0 bridgehead atoms. The van der Waals surface area contributed by atoms with E-state index in [1.165, 1.54) is 12.8 Å². The molecule has 0 amide bonds. The second-order valence-electron chi connectivity index (χ2n) is 5.76. The molecule has 1 fully saturated rings. The number of hydrogen-bond donors (Lipinski definition) is 0. The zero-order valence-electron chi connectivity index (χ0n) is 10.9. The number of benzene rings is 1. The summed E-state index contributed by atoms with van der Waals surface area (Å²) < 4.78 is 5.62. The highest BCUT2D eigenvalue weighted by molar-refractivity contribution is 5.89. The van der Waals surface area contributed by atoms with E-state index in [4.69, 9.17) is 4.74 Å². The quantitative estimate of drug-likeness (QED) is 0.795. The van der Waals surface area contributed by atoms with E-state index >= 15 is 0 Å².